The van der Waals surface area contributed by atoms with Crippen LogP contribution >= 0.6 is 11.6 Å². The van der Waals surface area contributed by atoms with Crippen LogP contribution in [0.25, 0.3) is 0 Å². The van der Waals surface area contributed by atoms with Gasteiger partial charge < -0.3 is 5.32 Å². The van der Waals surface area contributed by atoms with Gasteiger partial charge in [0.05, 0.1) is 0 Å². The highest BCUT2D eigenvalue weighted by Crippen LogP contribution is 2.16. The molecule has 1 aromatic rings. The highest BCUT2D eigenvalue weighted by molar-refractivity contribution is 6.17. The van der Waals surface area contributed by atoms with E-state index >= 15 is 0 Å². The van der Waals surface area contributed by atoms with E-state index in [0.29, 0.717) is 5.88 Å². The molecule has 0 saturated carbocycles. The Kier molecular flexibility index (Phi) is 7.11. The van der Waals surface area contributed by atoms with Gasteiger partial charge in [-0.25, -0.2) is 0 Å². The largest absolute Gasteiger partial charge is 0.385 e. The van der Waals surface area contributed by atoms with Crippen LogP contribution in [-0.4, -0.2) is 6.54 Å². The first kappa shape index (κ1) is 14.4. The molecule has 0 aliphatic rings. The molecule has 0 saturated heterocycles. The molecule has 1 aromatic carbocycles. The summed E-state index contributed by atoms with van der Waals surface area (Å²) < 4.78 is 0. The predicted octanol–water partition coefficient (Wildman–Crippen LogP) is 5.05. The first-order valence-corrected chi connectivity index (χ1v) is 7.22. The molecule has 1 rings (SSSR count). The van der Waals surface area contributed by atoms with E-state index in [4.69, 9.17) is 11.6 Å². The van der Waals surface area contributed by atoms with Crippen LogP contribution in [0.2, 0.25) is 0 Å². The fourth-order valence-electron chi connectivity index (χ4n) is 1.97. The quantitative estimate of drug-likeness (QED) is 0.639. The van der Waals surface area contributed by atoms with Gasteiger partial charge in [-0.1, -0.05) is 45.2 Å². The van der Waals surface area contributed by atoms with Gasteiger partial charge in [0.15, 0.2) is 0 Å². The van der Waals surface area contributed by atoms with Gasteiger partial charge in [-0.15, -0.1) is 11.6 Å². The summed E-state index contributed by atoms with van der Waals surface area (Å²) in [7, 11) is 0. The van der Waals surface area contributed by atoms with E-state index < -0.39 is 0 Å². The van der Waals surface area contributed by atoms with Gasteiger partial charge in [0.1, 0.15) is 0 Å². The lowest BCUT2D eigenvalue weighted by molar-refractivity contribution is 0.473. The van der Waals surface area contributed by atoms with Gasteiger partial charge in [-0.05, 0) is 30.0 Å². The second-order valence-electron chi connectivity index (χ2n) is 4.63. The average molecular weight is 254 g/mol. The Labute approximate surface area is 111 Å². The van der Waals surface area contributed by atoms with Gasteiger partial charge in [-0.2, -0.15) is 0 Å². The third-order valence-corrected chi connectivity index (χ3v) is 3.53. The fraction of sp³-hybridized carbons (Fsp3) is 0.600. The van der Waals surface area contributed by atoms with E-state index in [-0.39, 0.29) is 0 Å². The molecule has 2 heteroatoms. The molecule has 0 heterocycles. The van der Waals surface area contributed by atoms with Gasteiger partial charge in [0.25, 0.3) is 0 Å². The monoisotopic (exact) mass is 253 g/mol. The number of nitrogens with one attached hydrogen (secondary N) is 1. The third kappa shape index (κ3) is 5.45. The van der Waals surface area contributed by atoms with E-state index in [0.717, 1.165) is 12.5 Å². The van der Waals surface area contributed by atoms with Crippen molar-refractivity contribution in [3.8, 4) is 0 Å². The number of hydrogen-bond acceptors (Lipinski definition) is 1. The van der Waals surface area contributed by atoms with E-state index in [9.17, 15) is 0 Å². The molecule has 0 bridgehead atoms. The molecule has 0 spiro atoms. The number of rotatable bonds is 8. The van der Waals surface area contributed by atoms with Crippen molar-refractivity contribution >= 4 is 17.3 Å². The Balaban J connectivity index is 2.41. The van der Waals surface area contributed by atoms with Crippen molar-refractivity contribution in [2.45, 2.75) is 45.4 Å². The zero-order valence-corrected chi connectivity index (χ0v) is 11.8. The molecule has 0 aromatic heterocycles. The number of benzene rings is 1. The van der Waals surface area contributed by atoms with Crippen molar-refractivity contribution in [2.75, 3.05) is 11.9 Å². The van der Waals surface area contributed by atoms with E-state index in [1.165, 1.54) is 36.9 Å². The van der Waals surface area contributed by atoms with Gasteiger partial charge >= 0.3 is 0 Å². The maximum atomic E-state index is 5.83. The summed E-state index contributed by atoms with van der Waals surface area (Å²) in [5.74, 6) is 1.37. The van der Waals surface area contributed by atoms with Gasteiger partial charge in [-0.3, -0.25) is 0 Å². The van der Waals surface area contributed by atoms with Gasteiger partial charge in [0, 0.05) is 18.1 Å². The molecular weight excluding hydrogens is 230 g/mol. The number of halogens is 1. The summed E-state index contributed by atoms with van der Waals surface area (Å²) in [5.41, 5.74) is 2.37. The average Bonchev–Trinajstić information content (AvgIpc) is 2.39. The topological polar surface area (TPSA) is 12.0 Å². The van der Waals surface area contributed by atoms with Crippen molar-refractivity contribution in [3.05, 3.63) is 29.8 Å². The van der Waals surface area contributed by atoms with Crippen LogP contribution in [0.5, 0.6) is 0 Å². The van der Waals surface area contributed by atoms with Crippen molar-refractivity contribution < 1.29 is 0 Å². The molecule has 1 nitrogen and oxygen atoms in total. The first-order valence-electron chi connectivity index (χ1n) is 6.68. The van der Waals surface area contributed by atoms with Crippen molar-refractivity contribution in [1.82, 2.24) is 0 Å². The maximum Gasteiger partial charge on any atom is 0.0474 e. The summed E-state index contributed by atoms with van der Waals surface area (Å²) in [5, 5.41) is 3.52. The standard InChI is InChI=1S/C15H24ClN/c1-3-5-7-13(4-2)12-17-15-9-6-8-14(10-15)11-16/h6,8-10,13,17H,3-5,7,11-12H2,1-2H3. The van der Waals surface area contributed by atoms with Crippen molar-refractivity contribution in [2.24, 2.45) is 5.92 Å². The van der Waals surface area contributed by atoms with Crippen LogP contribution in [0.15, 0.2) is 24.3 Å². The Morgan fingerprint density at radius 2 is 2.12 bits per heavy atom. The van der Waals surface area contributed by atoms with Crippen LogP contribution in [-0.2, 0) is 5.88 Å². The second kappa shape index (κ2) is 8.41. The van der Waals surface area contributed by atoms with Crippen LogP contribution in [0.1, 0.15) is 45.1 Å². The summed E-state index contributed by atoms with van der Waals surface area (Å²) >= 11 is 5.83. The molecule has 0 fully saturated rings. The zero-order valence-electron chi connectivity index (χ0n) is 11.0. The van der Waals surface area contributed by atoms with Crippen molar-refractivity contribution in [1.29, 1.82) is 0 Å². The maximum absolute atomic E-state index is 5.83. The Morgan fingerprint density at radius 1 is 1.29 bits per heavy atom. The lowest BCUT2D eigenvalue weighted by Gasteiger charge is -2.16. The third-order valence-electron chi connectivity index (χ3n) is 3.22. The Hall–Kier alpha value is -0.690. The minimum absolute atomic E-state index is 0.586. The molecule has 1 unspecified atom stereocenters. The highest BCUT2D eigenvalue weighted by Gasteiger charge is 2.05. The summed E-state index contributed by atoms with van der Waals surface area (Å²) in [6.45, 7) is 5.60. The number of unbranched alkanes of at least 4 members (excludes halogenated alkanes) is 1. The molecule has 0 amide bonds. The molecular formula is C15H24ClN. The summed E-state index contributed by atoms with van der Waals surface area (Å²) in [6, 6.07) is 8.38. The van der Waals surface area contributed by atoms with Gasteiger partial charge in [0.2, 0.25) is 0 Å². The van der Waals surface area contributed by atoms with Crippen LogP contribution in [0, 0.1) is 5.92 Å². The summed E-state index contributed by atoms with van der Waals surface area (Å²) in [6.07, 6.45) is 5.21. The predicted molar refractivity (Wildman–Crippen MR) is 77.8 cm³/mol. The zero-order chi connectivity index (χ0) is 12.5. The van der Waals surface area contributed by atoms with E-state index in [1.54, 1.807) is 0 Å². The molecule has 0 radical (unpaired) electrons. The normalized spacial score (nSPS) is 12.4. The minimum atomic E-state index is 0.586. The molecule has 0 aliphatic carbocycles. The lowest BCUT2D eigenvalue weighted by Crippen LogP contribution is -2.13. The molecule has 1 atom stereocenters. The smallest absolute Gasteiger partial charge is 0.0474 e. The Bertz CT molecular complexity index is 312. The fourth-order valence-corrected chi connectivity index (χ4v) is 2.14. The Morgan fingerprint density at radius 3 is 2.76 bits per heavy atom. The van der Waals surface area contributed by atoms with E-state index in [1.807, 2.05) is 0 Å². The highest BCUT2D eigenvalue weighted by atomic mass is 35.5. The number of hydrogen-bond donors (Lipinski definition) is 1. The second-order valence-corrected chi connectivity index (χ2v) is 4.90. The van der Waals surface area contributed by atoms with Crippen molar-refractivity contribution in [3.63, 3.8) is 0 Å². The lowest BCUT2D eigenvalue weighted by atomic mass is 9.99. The number of alkyl halides is 1. The number of anilines is 1. The van der Waals surface area contributed by atoms with E-state index in [2.05, 4.69) is 43.4 Å². The van der Waals surface area contributed by atoms with Crippen LogP contribution < -0.4 is 5.32 Å². The molecule has 1 N–H and O–H groups in total. The minimum Gasteiger partial charge on any atom is -0.385 e. The summed E-state index contributed by atoms with van der Waals surface area (Å²) in [4.78, 5) is 0. The SMILES string of the molecule is CCCCC(CC)CNc1cccc(CCl)c1. The van der Waals surface area contributed by atoms with Crippen LogP contribution in [0.4, 0.5) is 5.69 Å². The molecule has 96 valence electrons. The molecule has 0 aliphatic heterocycles. The van der Waals surface area contributed by atoms with Crippen LogP contribution in [0.3, 0.4) is 0 Å². The molecule has 17 heavy (non-hydrogen) atoms. The first-order chi connectivity index (χ1) is 8.30.